The van der Waals surface area contributed by atoms with E-state index in [9.17, 15) is 4.79 Å². The Kier molecular flexibility index (Phi) is 4.59. The maximum Gasteiger partial charge on any atom is 0.225 e. The van der Waals surface area contributed by atoms with Crippen molar-refractivity contribution in [1.29, 1.82) is 0 Å². The van der Waals surface area contributed by atoms with Crippen molar-refractivity contribution in [2.75, 3.05) is 6.54 Å². The van der Waals surface area contributed by atoms with Crippen LogP contribution in [0.3, 0.4) is 0 Å². The summed E-state index contributed by atoms with van der Waals surface area (Å²) in [6.07, 6.45) is 1.43. The molecular weight excluding hydrogens is 292 g/mol. The van der Waals surface area contributed by atoms with E-state index in [0.29, 0.717) is 6.42 Å². The number of para-hydroxylation sites is 1. The summed E-state index contributed by atoms with van der Waals surface area (Å²) in [6.45, 7) is 3.78. The Balaban J connectivity index is 1.50. The first-order valence-electron chi connectivity index (χ1n) is 7.58. The van der Waals surface area contributed by atoms with E-state index in [4.69, 9.17) is 0 Å². The SMILES string of the molecule is Cc1cc2ccccc2n1CCCNC(=O)Cc1cccs1. The van der Waals surface area contributed by atoms with Gasteiger partial charge in [0.2, 0.25) is 5.91 Å². The molecule has 2 heterocycles. The maximum absolute atomic E-state index is 11.8. The van der Waals surface area contributed by atoms with Gasteiger partial charge in [-0.1, -0.05) is 24.3 Å². The number of rotatable bonds is 6. The number of hydrogen-bond donors (Lipinski definition) is 1. The van der Waals surface area contributed by atoms with Crippen LogP contribution < -0.4 is 5.32 Å². The summed E-state index contributed by atoms with van der Waals surface area (Å²) in [5, 5.41) is 6.29. The van der Waals surface area contributed by atoms with Crippen LogP contribution in [0.4, 0.5) is 0 Å². The Morgan fingerprint density at radius 3 is 2.91 bits per heavy atom. The van der Waals surface area contributed by atoms with Crippen molar-refractivity contribution in [3.8, 4) is 0 Å². The van der Waals surface area contributed by atoms with Gasteiger partial charge in [0.25, 0.3) is 0 Å². The van der Waals surface area contributed by atoms with Gasteiger partial charge in [-0.05, 0) is 42.3 Å². The topological polar surface area (TPSA) is 34.0 Å². The number of carbonyl (C=O) groups is 1. The first kappa shape index (κ1) is 14.9. The molecule has 3 nitrogen and oxygen atoms in total. The number of nitrogens with one attached hydrogen (secondary N) is 1. The molecule has 1 N–H and O–H groups in total. The molecule has 0 radical (unpaired) electrons. The zero-order valence-corrected chi connectivity index (χ0v) is 13.5. The van der Waals surface area contributed by atoms with Gasteiger partial charge in [0.1, 0.15) is 0 Å². The first-order valence-corrected chi connectivity index (χ1v) is 8.46. The Bertz CT molecular complexity index is 759. The Hall–Kier alpha value is -2.07. The molecule has 2 aromatic heterocycles. The van der Waals surface area contributed by atoms with Gasteiger partial charge in [-0.25, -0.2) is 0 Å². The molecule has 4 heteroatoms. The molecule has 0 aliphatic rings. The van der Waals surface area contributed by atoms with E-state index in [1.165, 1.54) is 16.6 Å². The molecule has 1 amide bonds. The van der Waals surface area contributed by atoms with Crippen molar-refractivity contribution in [1.82, 2.24) is 9.88 Å². The van der Waals surface area contributed by atoms with Gasteiger partial charge in [0.05, 0.1) is 6.42 Å². The normalized spacial score (nSPS) is 11.0. The summed E-state index contributed by atoms with van der Waals surface area (Å²) in [5.74, 6) is 0.108. The van der Waals surface area contributed by atoms with E-state index in [0.717, 1.165) is 24.4 Å². The second-order valence-corrected chi connectivity index (χ2v) is 6.49. The molecule has 0 atom stereocenters. The third kappa shape index (κ3) is 3.39. The van der Waals surface area contributed by atoms with Gasteiger partial charge in [0, 0.05) is 29.2 Å². The van der Waals surface area contributed by atoms with E-state index >= 15 is 0 Å². The van der Waals surface area contributed by atoms with Crippen molar-refractivity contribution in [3.05, 3.63) is 58.4 Å². The molecule has 0 bridgehead atoms. The number of carbonyl (C=O) groups excluding carboxylic acids is 1. The van der Waals surface area contributed by atoms with Crippen molar-refractivity contribution >= 4 is 28.1 Å². The Morgan fingerprint density at radius 2 is 2.09 bits per heavy atom. The van der Waals surface area contributed by atoms with E-state index < -0.39 is 0 Å². The second kappa shape index (κ2) is 6.79. The zero-order valence-electron chi connectivity index (χ0n) is 12.7. The van der Waals surface area contributed by atoms with Crippen molar-refractivity contribution in [2.45, 2.75) is 26.3 Å². The predicted molar refractivity (Wildman–Crippen MR) is 92.3 cm³/mol. The van der Waals surface area contributed by atoms with Gasteiger partial charge >= 0.3 is 0 Å². The van der Waals surface area contributed by atoms with Crippen LogP contribution in [0.25, 0.3) is 10.9 Å². The van der Waals surface area contributed by atoms with Crippen LogP contribution in [0.2, 0.25) is 0 Å². The van der Waals surface area contributed by atoms with E-state index in [1.807, 2.05) is 17.5 Å². The van der Waals surface area contributed by atoms with Gasteiger partial charge < -0.3 is 9.88 Å². The highest BCUT2D eigenvalue weighted by Gasteiger charge is 2.06. The van der Waals surface area contributed by atoms with Gasteiger partial charge in [0.15, 0.2) is 0 Å². The average Bonchev–Trinajstić information content (AvgIpc) is 3.11. The number of hydrogen-bond acceptors (Lipinski definition) is 2. The number of aryl methyl sites for hydroxylation is 2. The predicted octanol–water partition coefficient (Wildman–Crippen LogP) is 3.76. The van der Waals surface area contributed by atoms with Gasteiger partial charge in [-0.2, -0.15) is 0 Å². The summed E-state index contributed by atoms with van der Waals surface area (Å²) in [4.78, 5) is 13.0. The lowest BCUT2D eigenvalue weighted by atomic mass is 10.2. The number of nitrogens with zero attached hydrogens (tertiary/aromatic N) is 1. The summed E-state index contributed by atoms with van der Waals surface area (Å²) >= 11 is 1.63. The molecule has 0 fully saturated rings. The lowest BCUT2D eigenvalue weighted by Crippen LogP contribution is -2.26. The lowest BCUT2D eigenvalue weighted by Gasteiger charge is -2.09. The number of thiophene rings is 1. The summed E-state index contributed by atoms with van der Waals surface area (Å²) in [5.41, 5.74) is 2.54. The van der Waals surface area contributed by atoms with Crippen LogP contribution in [-0.2, 0) is 17.8 Å². The molecule has 0 saturated heterocycles. The largest absolute Gasteiger partial charge is 0.356 e. The molecule has 3 aromatic rings. The van der Waals surface area contributed by atoms with Gasteiger partial charge in [-0.3, -0.25) is 4.79 Å². The molecular formula is C18H20N2OS. The second-order valence-electron chi connectivity index (χ2n) is 5.46. The maximum atomic E-state index is 11.8. The van der Waals surface area contributed by atoms with Crippen LogP contribution in [0, 0.1) is 6.92 Å². The highest BCUT2D eigenvalue weighted by molar-refractivity contribution is 7.10. The minimum Gasteiger partial charge on any atom is -0.356 e. The summed E-state index contributed by atoms with van der Waals surface area (Å²) < 4.78 is 2.32. The smallest absolute Gasteiger partial charge is 0.225 e. The average molecular weight is 312 g/mol. The highest BCUT2D eigenvalue weighted by atomic mass is 32.1. The summed E-state index contributed by atoms with van der Waals surface area (Å²) in [6, 6.07) is 14.6. The fourth-order valence-corrected chi connectivity index (χ4v) is 3.45. The Morgan fingerprint density at radius 1 is 1.23 bits per heavy atom. The molecule has 0 spiro atoms. The lowest BCUT2D eigenvalue weighted by molar-refractivity contribution is -0.120. The molecule has 114 valence electrons. The minimum absolute atomic E-state index is 0.108. The van der Waals surface area contributed by atoms with Gasteiger partial charge in [-0.15, -0.1) is 11.3 Å². The highest BCUT2D eigenvalue weighted by Crippen LogP contribution is 2.19. The van der Waals surface area contributed by atoms with Crippen LogP contribution in [0.15, 0.2) is 47.8 Å². The first-order chi connectivity index (χ1) is 10.7. The quantitative estimate of drug-likeness (QED) is 0.691. The number of amides is 1. The van der Waals surface area contributed by atoms with E-state index in [2.05, 4.69) is 47.1 Å². The van der Waals surface area contributed by atoms with Crippen molar-refractivity contribution < 1.29 is 4.79 Å². The number of fused-ring (bicyclic) bond motifs is 1. The Labute approximate surface area is 134 Å². The minimum atomic E-state index is 0.108. The molecule has 3 rings (SSSR count). The molecule has 1 aromatic carbocycles. The number of benzene rings is 1. The van der Waals surface area contributed by atoms with E-state index in [-0.39, 0.29) is 5.91 Å². The number of aromatic nitrogens is 1. The fraction of sp³-hybridized carbons (Fsp3) is 0.278. The van der Waals surface area contributed by atoms with Crippen LogP contribution in [0.5, 0.6) is 0 Å². The molecule has 0 aliphatic heterocycles. The summed E-state index contributed by atoms with van der Waals surface area (Å²) in [7, 11) is 0. The third-order valence-electron chi connectivity index (χ3n) is 3.81. The standard InChI is InChI=1S/C18H20N2OS/c1-14-12-15-6-2-3-8-17(15)20(14)10-5-9-19-18(21)13-16-7-4-11-22-16/h2-4,6-8,11-12H,5,9-10,13H2,1H3,(H,19,21). The third-order valence-corrected chi connectivity index (χ3v) is 4.69. The van der Waals surface area contributed by atoms with Crippen LogP contribution in [0.1, 0.15) is 17.0 Å². The van der Waals surface area contributed by atoms with Crippen LogP contribution in [-0.4, -0.2) is 17.0 Å². The van der Waals surface area contributed by atoms with Crippen molar-refractivity contribution in [3.63, 3.8) is 0 Å². The van der Waals surface area contributed by atoms with Crippen LogP contribution >= 0.6 is 11.3 Å². The van der Waals surface area contributed by atoms with Crippen molar-refractivity contribution in [2.24, 2.45) is 0 Å². The fourth-order valence-electron chi connectivity index (χ4n) is 2.74. The molecule has 0 aliphatic carbocycles. The molecule has 22 heavy (non-hydrogen) atoms. The monoisotopic (exact) mass is 312 g/mol. The molecule has 0 saturated carbocycles. The van der Waals surface area contributed by atoms with E-state index in [1.54, 1.807) is 11.3 Å². The molecule has 0 unspecified atom stereocenters. The zero-order chi connectivity index (χ0) is 15.4.